The van der Waals surface area contributed by atoms with Gasteiger partial charge in [0.1, 0.15) is 17.3 Å². The lowest BCUT2D eigenvalue weighted by Crippen LogP contribution is -2.40. The molecular formula is C17H16N4O2. The van der Waals surface area contributed by atoms with Crippen molar-refractivity contribution >= 4 is 17.6 Å². The molecule has 1 saturated heterocycles. The van der Waals surface area contributed by atoms with Gasteiger partial charge in [-0.1, -0.05) is 12.1 Å². The first-order chi connectivity index (χ1) is 10.8. The Hall–Kier alpha value is -3.07. The van der Waals surface area contributed by atoms with Crippen LogP contribution in [0.25, 0.3) is 11.3 Å². The Morgan fingerprint density at radius 3 is 2.22 bits per heavy atom. The van der Waals surface area contributed by atoms with Crippen LogP contribution >= 0.6 is 0 Å². The molecule has 2 aromatic rings. The number of benzene rings is 1. The van der Waals surface area contributed by atoms with Crippen LogP contribution in [0.3, 0.4) is 0 Å². The zero-order chi connectivity index (χ0) is 16.8. The molecule has 6 heteroatoms. The van der Waals surface area contributed by atoms with Crippen molar-refractivity contribution in [3.8, 4) is 17.3 Å². The number of carbonyl (C=O) groups is 2. The van der Waals surface area contributed by atoms with Crippen LogP contribution in [0.1, 0.15) is 19.5 Å². The van der Waals surface area contributed by atoms with Crippen LogP contribution in [-0.2, 0) is 11.8 Å². The second kappa shape index (κ2) is 4.99. The van der Waals surface area contributed by atoms with Gasteiger partial charge < -0.3 is 9.88 Å². The smallest absolute Gasteiger partial charge is 0.329 e. The van der Waals surface area contributed by atoms with Crippen LogP contribution < -0.4 is 10.2 Å². The number of carbonyl (C=O) groups excluding carboxylic acids is 2. The van der Waals surface area contributed by atoms with E-state index in [-0.39, 0.29) is 5.91 Å². The predicted octanol–water partition coefficient (Wildman–Crippen LogP) is 2.40. The van der Waals surface area contributed by atoms with Crippen LogP contribution in [0.5, 0.6) is 0 Å². The maximum absolute atomic E-state index is 12.3. The lowest BCUT2D eigenvalue weighted by molar-refractivity contribution is -0.121. The molecule has 3 rings (SSSR count). The Morgan fingerprint density at radius 1 is 1.09 bits per heavy atom. The monoisotopic (exact) mass is 308 g/mol. The van der Waals surface area contributed by atoms with E-state index in [0.29, 0.717) is 11.4 Å². The number of aromatic nitrogens is 1. The summed E-state index contributed by atoms with van der Waals surface area (Å²) in [4.78, 5) is 25.4. The number of imide groups is 1. The third-order valence-corrected chi connectivity index (χ3v) is 4.02. The SMILES string of the molecule is Cn1c(C#N)ccc1-c1ccc(N2C(=O)NC(C)(C)C2=O)cc1. The first-order valence-electron chi connectivity index (χ1n) is 7.18. The van der Waals surface area contributed by atoms with E-state index in [4.69, 9.17) is 5.26 Å². The molecule has 0 spiro atoms. The fourth-order valence-corrected chi connectivity index (χ4v) is 2.68. The van der Waals surface area contributed by atoms with E-state index >= 15 is 0 Å². The van der Waals surface area contributed by atoms with E-state index in [9.17, 15) is 9.59 Å². The van der Waals surface area contributed by atoms with Gasteiger partial charge in [-0.05, 0) is 43.7 Å². The molecule has 1 aromatic carbocycles. The Balaban J connectivity index is 1.94. The predicted molar refractivity (Wildman–Crippen MR) is 85.7 cm³/mol. The van der Waals surface area contributed by atoms with Gasteiger partial charge in [0.15, 0.2) is 0 Å². The van der Waals surface area contributed by atoms with Crippen LogP contribution in [0, 0.1) is 11.3 Å². The number of nitrogens with one attached hydrogen (secondary N) is 1. The summed E-state index contributed by atoms with van der Waals surface area (Å²) in [6.45, 7) is 3.35. The second-order valence-corrected chi connectivity index (χ2v) is 6.02. The third kappa shape index (κ3) is 2.27. The van der Waals surface area contributed by atoms with E-state index in [1.54, 1.807) is 36.6 Å². The second-order valence-electron chi connectivity index (χ2n) is 6.02. The van der Waals surface area contributed by atoms with Crippen molar-refractivity contribution < 1.29 is 9.59 Å². The average Bonchev–Trinajstić information content (AvgIpc) is 2.97. The molecule has 23 heavy (non-hydrogen) atoms. The van der Waals surface area contributed by atoms with Crippen molar-refractivity contribution in [2.45, 2.75) is 19.4 Å². The van der Waals surface area contributed by atoms with Gasteiger partial charge in [-0.25, -0.2) is 9.69 Å². The highest BCUT2D eigenvalue weighted by molar-refractivity contribution is 6.23. The molecule has 1 aliphatic heterocycles. The third-order valence-electron chi connectivity index (χ3n) is 4.02. The number of hydrogen-bond acceptors (Lipinski definition) is 3. The number of urea groups is 1. The zero-order valence-corrected chi connectivity index (χ0v) is 13.1. The maximum atomic E-state index is 12.3. The number of anilines is 1. The van der Waals surface area contributed by atoms with Gasteiger partial charge in [0, 0.05) is 12.7 Å². The summed E-state index contributed by atoms with van der Waals surface area (Å²) in [5.74, 6) is -0.277. The highest BCUT2D eigenvalue weighted by Gasteiger charge is 2.44. The fourth-order valence-electron chi connectivity index (χ4n) is 2.68. The summed E-state index contributed by atoms with van der Waals surface area (Å²) in [6.07, 6.45) is 0. The normalized spacial score (nSPS) is 16.3. The van der Waals surface area contributed by atoms with Crippen LogP contribution in [0.2, 0.25) is 0 Å². The van der Waals surface area contributed by atoms with Gasteiger partial charge in [-0.15, -0.1) is 0 Å². The van der Waals surface area contributed by atoms with Gasteiger partial charge in [-0.2, -0.15) is 5.26 Å². The van der Waals surface area contributed by atoms with Gasteiger partial charge in [0.05, 0.1) is 5.69 Å². The summed E-state index contributed by atoms with van der Waals surface area (Å²) in [5.41, 5.74) is 2.00. The summed E-state index contributed by atoms with van der Waals surface area (Å²) >= 11 is 0. The van der Waals surface area contributed by atoms with Crippen LogP contribution in [0.4, 0.5) is 10.5 Å². The van der Waals surface area contributed by atoms with E-state index < -0.39 is 11.6 Å². The van der Waals surface area contributed by atoms with Crippen molar-refractivity contribution in [2.75, 3.05) is 4.90 Å². The molecule has 6 nitrogen and oxygen atoms in total. The van der Waals surface area contributed by atoms with Gasteiger partial charge in [0.2, 0.25) is 0 Å². The summed E-state index contributed by atoms with van der Waals surface area (Å²) in [7, 11) is 1.82. The van der Waals surface area contributed by atoms with Gasteiger partial charge in [0.25, 0.3) is 5.91 Å². The molecule has 0 bridgehead atoms. The van der Waals surface area contributed by atoms with E-state index in [1.165, 1.54) is 0 Å². The number of nitrogens with zero attached hydrogens (tertiary/aromatic N) is 3. The molecule has 1 N–H and O–H groups in total. The largest absolute Gasteiger partial charge is 0.335 e. The molecule has 0 radical (unpaired) electrons. The van der Waals surface area contributed by atoms with Crippen molar-refractivity contribution in [3.05, 3.63) is 42.1 Å². The molecule has 2 heterocycles. The van der Waals surface area contributed by atoms with E-state index in [2.05, 4.69) is 11.4 Å². The van der Waals surface area contributed by atoms with E-state index in [1.807, 2.05) is 25.2 Å². The van der Waals surface area contributed by atoms with Gasteiger partial charge in [-0.3, -0.25) is 4.79 Å². The molecule has 116 valence electrons. The van der Waals surface area contributed by atoms with Crippen molar-refractivity contribution in [2.24, 2.45) is 7.05 Å². The lowest BCUT2D eigenvalue weighted by atomic mass is 10.1. The quantitative estimate of drug-likeness (QED) is 0.865. The standard InChI is InChI=1S/C17H16N4O2/c1-17(2)15(22)21(16(23)19-17)12-6-4-11(5-7-12)14-9-8-13(10-18)20(14)3/h4-9H,1-3H3,(H,19,23). The Kier molecular flexibility index (Phi) is 3.22. The first-order valence-corrected chi connectivity index (χ1v) is 7.18. The van der Waals surface area contributed by atoms with Crippen LogP contribution in [0.15, 0.2) is 36.4 Å². The van der Waals surface area contributed by atoms with E-state index in [0.717, 1.165) is 16.2 Å². The zero-order valence-electron chi connectivity index (χ0n) is 13.1. The highest BCUT2D eigenvalue weighted by Crippen LogP contribution is 2.28. The van der Waals surface area contributed by atoms with Crippen molar-refractivity contribution in [1.82, 2.24) is 9.88 Å². The first kappa shape index (κ1) is 14.9. The molecular weight excluding hydrogens is 292 g/mol. The molecule has 0 aliphatic carbocycles. The Bertz CT molecular complexity index is 840. The summed E-state index contributed by atoms with van der Waals surface area (Å²) in [6, 6.07) is 12.4. The fraction of sp³-hybridized carbons (Fsp3) is 0.235. The Morgan fingerprint density at radius 2 is 1.74 bits per heavy atom. The molecule has 1 aliphatic rings. The number of hydrogen-bond donors (Lipinski definition) is 1. The number of amides is 3. The highest BCUT2D eigenvalue weighted by atomic mass is 16.2. The lowest BCUT2D eigenvalue weighted by Gasteiger charge is -2.16. The maximum Gasteiger partial charge on any atom is 0.329 e. The minimum atomic E-state index is -0.893. The molecule has 0 atom stereocenters. The van der Waals surface area contributed by atoms with Gasteiger partial charge >= 0.3 is 6.03 Å². The molecule has 3 amide bonds. The summed E-state index contributed by atoms with van der Waals surface area (Å²) < 4.78 is 1.80. The molecule has 1 aromatic heterocycles. The number of nitriles is 1. The average molecular weight is 308 g/mol. The minimum Gasteiger partial charge on any atom is -0.335 e. The van der Waals surface area contributed by atoms with Crippen LogP contribution in [-0.4, -0.2) is 22.0 Å². The minimum absolute atomic E-state index is 0.277. The Labute approximate surface area is 133 Å². The summed E-state index contributed by atoms with van der Waals surface area (Å²) in [5, 5.41) is 11.7. The number of rotatable bonds is 2. The van der Waals surface area contributed by atoms with Crippen molar-refractivity contribution in [3.63, 3.8) is 0 Å². The topological polar surface area (TPSA) is 78.1 Å². The molecule has 0 unspecified atom stereocenters. The molecule has 0 saturated carbocycles. The molecule has 1 fully saturated rings. The van der Waals surface area contributed by atoms with Crippen molar-refractivity contribution in [1.29, 1.82) is 5.26 Å².